The first-order valence-corrected chi connectivity index (χ1v) is 22.6. The molecule has 0 aliphatic heterocycles. The maximum atomic E-state index is 9.82. The van der Waals surface area contributed by atoms with Gasteiger partial charge in [-0.25, -0.2) is 0 Å². The monoisotopic (exact) mass is 909 g/mol. The second kappa shape index (κ2) is 48.4. The Bertz CT molecular complexity index is 1670. The van der Waals surface area contributed by atoms with E-state index in [1.165, 1.54) is 59.7 Å². The van der Waals surface area contributed by atoms with Gasteiger partial charge in [0.05, 0.1) is 19.8 Å². The second-order valence-corrected chi connectivity index (χ2v) is 14.4. The van der Waals surface area contributed by atoms with E-state index >= 15 is 0 Å². The smallest absolute Gasteiger partial charge is 0.302 e. The van der Waals surface area contributed by atoms with Crippen molar-refractivity contribution in [2.24, 2.45) is 0 Å². The van der Waals surface area contributed by atoms with Crippen LogP contribution in [0.5, 0.6) is 0 Å². The van der Waals surface area contributed by atoms with Crippen LogP contribution in [-0.4, -0.2) is 37.7 Å². The van der Waals surface area contributed by atoms with Crippen molar-refractivity contribution in [3.8, 4) is 0 Å². The molecule has 0 unspecified atom stereocenters. The summed E-state index contributed by atoms with van der Waals surface area (Å²) in [5.41, 5.74) is 9.25. The number of hydrogen-bond acceptors (Lipinski definition) is 6. The molecule has 360 valence electrons. The standard InChI is InChI=1S/7C7H8.3C4H8O2/c7*1-7-5-3-2-4-6-7;3*1-3-6-4(2)5/h7*2-6H,1H3;3*3H2,1-2H3. The number of carbonyl (C=O) groups excluding carboxylic acids is 3. The molecule has 6 nitrogen and oxygen atoms in total. The Kier molecular flexibility index (Phi) is 46.4. The van der Waals surface area contributed by atoms with E-state index in [1.807, 2.05) is 127 Å². The van der Waals surface area contributed by atoms with E-state index in [2.05, 4.69) is 148 Å². The highest BCUT2D eigenvalue weighted by atomic mass is 16.5. The zero-order chi connectivity index (χ0) is 50.8. The summed E-state index contributed by atoms with van der Waals surface area (Å²) < 4.78 is 13.2. The molecular weight excluding hydrogens is 829 g/mol. The third kappa shape index (κ3) is 56.9. The fourth-order valence-corrected chi connectivity index (χ4v) is 4.35. The van der Waals surface area contributed by atoms with Crippen molar-refractivity contribution in [1.82, 2.24) is 0 Å². The molecule has 0 heterocycles. The molecule has 0 saturated heterocycles. The molecule has 0 amide bonds. The van der Waals surface area contributed by atoms with Crippen molar-refractivity contribution in [1.29, 1.82) is 0 Å². The summed E-state index contributed by atoms with van der Waals surface area (Å²) in [4.78, 5) is 29.5. The summed E-state index contributed by atoms with van der Waals surface area (Å²) in [7, 11) is 0. The fraction of sp³-hybridized carbons (Fsp3) is 0.262. The molecule has 7 aromatic rings. The third-order valence-corrected chi connectivity index (χ3v) is 7.63. The molecule has 0 aliphatic carbocycles. The predicted octanol–water partition coefficient (Wildman–Crippen LogP) is 15.7. The van der Waals surface area contributed by atoms with E-state index in [0.29, 0.717) is 19.8 Å². The van der Waals surface area contributed by atoms with E-state index in [9.17, 15) is 14.4 Å². The van der Waals surface area contributed by atoms with E-state index in [4.69, 9.17) is 0 Å². The first kappa shape index (κ1) is 64.2. The maximum Gasteiger partial charge on any atom is 0.302 e. The van der Waals surface area contributed by atoms with Gasteiger partial charge in [0.2, 0.25) is 0 Å². The highest BCUT2D eigenvalue weighted by Crippen LogP contribution is 1.96. The van der Waals surface area contributed by atoms with Gasteiger partial charge in [-0.3, -0.25) is 14.4 Å². The zero-order valence-electron chi connectivity index (χ0n) is 42.8. The van der Waals surface area contributed by atoms with Crippen molar-refractivity contribution in [3.05, 3.63) is 251 Å². The van der Waals surface area contributed by atoms with Crippen LogP contribution in [0.1, 0.15) is 80.5 Å². The van der Waals surface area contributed by atoms with Gasteiger partial charge in [-0.15, -0.1) is 0 Å². The lowest BCUT2D eigenvalue weighted by Crippen LogP contribution is -1.95. The van der Waals surface area contributed by atoms with Crippen molar-refractivity contribution >= 4 is 17.9 Å². The highest BCUT2D eigenvalue weighted by molar-refractivity contribution is 5.66. The first-order valence-electron chi connectivity index (χ1n) is 22.6. The Morgan fingerprint density at radius 1 is 0.254 bits per heavy atom. The molecule has 6 heteroatoms. The van der Waals surface area contributed by atoms with Gasteiger partial charge < -0.3 is 14.2 Å². The van der Waals surface area contributed by atoms with Crippen LogP contribution >= 0.6 is 0 Å². The number of rotatable bonds is 3. The number of esters is 3. The SMILES string of the molecule is CCOC(C)=O.CCOC(C)=O.CCOC(C)=O.Cc1ccccc1.Cc1ccccc1.Cc1ccccc1.Cc1ccccc1.Cc1ccccc1.Cc1ccccc1.Cc1ccccc1. The van der Waals surface area contributed by atoms with Crippen molar-refractivity contribution in [2.45, 2.75) is 90.0 Å². The molecule has 0 aromatic heterocycles. The molecule has 0 atom stereocenters. The molecule has 0 fully saturated rings. The Hall–Kier alpha value is -7.05. The molecular formula is C61H80O6. The summed E-state index contributed by atoms with van der Waals surface area (Å²) in [5.74, 6) is -0.632. The lowest BCUT2D eigenvalue weighted by atomic mass is 10.2. The van der Waals surface area contributed by atoms with Gasteiger partial charge in [0.15, 0.2) is 0 Å². The van der Waals surface area contributed by atoms with Crippen LogP contribution in [0.2, 0.25) is 0 Å². The van der Waals surface area contributed by atoms with Gasteiger partial charge in [0.1, 0.15) is 0 Å². The average Bonchev–Trinajstić information content (AvgIpc) is 3.30. The first-order chi connectivity index (χ1) is 32.1. The number of carbonyl (C=O) groups is 3. The summed E-state index contributed by atoms with van der Waals surface area (Å²) in [5, 5.41) is 0. The Morgan fingerprint density at radius 3 is 0.388 bits per heavy atom. The largest absolute Gasteiger partial charge is 0.466 e. The molecule has 0 saturated carbocycles. The van der Waals surface area contributed by atoms with Gasteiger partial charge in [0.25, 0.3) is 0 Å². The predicted molar refractivity (Wildman–Crippen MR) is 285 cm³/mol. The molecule has 7 aromatic carbocycles. The summed E-state index contributed by atoms with van der Waals surface area (Å²) >= 11 is 0. The number of ether oxygens (including phenoxy) is 3. The number of aryl methyl sites for hydroxylation is 7. The Labute approximate surface area is 406 Å². The van der Waals surface area contributed by atoms with Gasteiger partial charge in [-0.05, 0) is 69.2 Å². The van der Waals surface area contributed by atoms with Gasteiger partial charge in [0, 0.05) is 20.8 Å². The molecule has 67 heavy (non-hydrogen) atoms. The molecule has 7 rings (SSSR count). The van der Waals surface area contributed by atoms with Gasteiger partial charge in [-0.2, -0.15) is 0 Å². The molecule has 0 N–H and O–H groups in total. The van der Waals surface area contributed by atoms with Crippen molar-refractivity contribution in [3.63, 3.8) is 0 Å². The molecule has 0 aliphatic rings. The number of hydrogen-bond donors (Lipinski definition) is 0. The minimum absolute atomic E-state index is 0.211. The van der Waals surface area contributed by atoms with E-state index in [1.54, 1.807) is 20.8 Å². The fourth-order valence-electron chi connectivity index (χ4n) is 4.35. The Morgan fingerprint density at radius 2 is 0.358 bits per heavy atom. The maximum absolute atomic E-state index is 9.82. The van der Waals surface area contributed by atoms with E-state index in [0.717, 1.165) is 0 Å². The van der Waals surface area contributed by atoms with Crippen LogP contribution in [0.25, 0.3) is 0 Å². The minimum Gasteiger partial charge on any atom is -0.466 e. The highest BCUT2D eigenvalue weighted by Gasteiger charge is 1.83. The van der Waals surface area contributed by atoms with Crippen molar-refractivity contribution in [2.75, 3.05) is 19.8 Å². The topological polar surface area (TPSA) is 78.9 Å². The minimum atomic E-state index is -0.211. The van der Waals surface area contributed by atoms with Crippen LogP contribution in [0.4, 0.5) is 0 Å². The summed E-state index contributed by atoms with van der Waals surface area (Å²) in [6.45, 7) is 25.5. The normalized spacial score (nSPS) is 8.43. The van der Waals surface area contributed by atoms with Crippen LogP contribution in [0.15, 0.2) is 212 Å². The van der Waals surface area contributed by atoms with Crippen LogP contribution < -0.4 is 0 Å². The summed E-state index contributed by atoms with van der Waals surface area (Å²) in [6, 6.07) is 71.8. The van der Waals surface area contributed by atoms with E-state index in [-0.39, 0.29) is 17.9 Å². The van der Waals surface area contributed by atoms with Gasteiger partial charge in [-0.1, -0.05) is 251 Å². The lowest BCUT2D eigenvalue weighted by Gasteiger charge is -1.89. The van der Waals surface area contributed by atoms with Crippen molar-refractivity contribution < 1.29 is 28.6 Å². The number of benzene rings is 7. The molecule has 0 spiro atoms. The third-order valence-electron chi connectivity index (χ3n) is 7.63. The van der Waals surface area contributed by atoms with Crippen LogP contribution in [0, 0.1) is 48.5 Å². The zero-order valence-corrected chi connectivity index (χ0v) is 42.8. The van der Waals surface area contributed by atoms with Crippen LogP contribution in [-0.2, 0) is 28.6 Å². The summed E-state index contributed by atoms with van der Waals surface area (Å²) in [6.07, 6.45) is 0. The Balaban J connectivity index is -0.000000680. The lowest BCUT2D eigenvalue weighted by molar-refractivity contribution is -0.141. The molecule has 0 radical (unpaired) electrons. The van der Waals surface area contributed by atoms with E-state index < -0.39 is 0 Å². The molecule has 0 bridgehead atoms. The quantitative estimate of drug-likeness (QED) is 0.130. The second-order valence-electron chi connectivity index (χ2n) is 14.4. The van der Waals surface area contributed by atoms with Crippen LogP contribution in [0.3, 0.4) is 0 Å². The van der Waals surface area contributed by atoms with Gasteiger partial charge >= 0.3 is 17.9 Å². The average molecular weight is 909 g/mol.